The van der Waals surface area contributed by atoms with E-state index in [0.717, 1.165) is 0 Å². The van der Waals surface area contributed by atoms with Crippen LogP contribution in [0.15, 0.2) is 23.1 Å². The fraction of sp³-hybridized carbons (Fsp3) is 0.111. The Morgan fingerprint density at radius 1 is 1.53 bits per heavy atom. The number of nitrogens with two attached hydrogens (primary N) is 1. The van der Waals surface area contributed by atoms with Crippen molar-refractivity contribution in [1.29, 1.82) is 0 Å². The molecule has 1 amide bonds. The molecule has 0 saturated heterocycles. The number of amides is 1. The largest absolute Gasteiger partial charge is 0.369 e. The molecular formula is C9H8N4O2. The van der Waals surface area contributed by atoms with Crippen molar-refractivity contribution in [3.8, 4) is 0 Å². The van der Waals surface area contributed by atoms with Crippen LogP contribution in [0.5, 0.6) is 0 Å². The van der Waals surface area contributed by atoms with Gasteiger partial charge in [-0.15, -0.1) is 0 Å². The number of carbonyl (C=O) groups excluding carboxylic acids is 1. The van der Waals surface area contributed by atoms with E-state index < -0.39 is 5.91 Å². The number of H-pyrrole nitrogens is 1. The van der Waals surface area contributed by atoms with E-state index in [-0.39, 0.29) is 17.5 Å². The second-order valence-electron chi connectivity index (χ2n) is 3.04. The summed E-state index contributed by atoms with van der Waals surface area (Å²) in [6, 6.07) is 3.26. The van der Waals surface area contributed by atoms with Gasteiger partial charge in [-0.25, -0.2) is 4.98 Å². The first-order valence-corrected chi connectivity index (χ1v) is 4.29. The van der Waals surface area contributed by atoms with Crippen molar-refractivity contribution < 1.29 is 4.79 Å². The first-order chi connectivity index (χ1) is 7.18. The molecule has 3 N–H and O–H groups in total. The van der Waals surface area contributed by atoms with Crippen LogP contribution in [0.25, 0.3) is 11.0 Å². The summed E-state index contributed by atoms with van der Waals surface area (Å²) in [6.45, 7) is 0. The fourth-order valence-electron chi connectivity index (χ4n) is 1.29. The third kappa shape index (κ3) is 1.69. The summed E-state index contributed by atoms with van der Waals surface area (Å²) in [5, 5.41) is 6.75. The van der Waals surface area contributed by atoms with Crippen molar-refractivity contribution in [1.82, 2.24) is 15.2 Å². The molecule has 76 valence electrons. The highest BCUT2D eigenvalue weighted by atomic mass is 16.1. The number of nitrogens with one attached hydrogen (secondary N) is 1. The Labute approximate surface area is 84.1 Å². The van der Waals surface area contributed by atoms with Gasteiger partial charge < -0.3 is 5.73 Å². The molecule has 0 atom stereocenters. The highest BCUT2D eigenvalue weighted by Crippen LogP contribution is 2.01. The number of pyridine rings is 1. The van der Waals surface area contributed by atoms with Gasteiger partial charge in [0.2, 0.25) is 11.3 Å². The van der Waals surface area contributed by atoms with Crippen LogP contribution in [-0.4, -0.2) is 21.1 Å². The predicted octanol–water partition coefficient (Wildman–Crippen LogP) is -0.654. The normalized spacial score (nSPS) is 10.4. The topological polar surface area (TPSA) is 102 Å². The number of nitrogens with zero attached hydrogens (tertiary/aromatic N) is 2. The number of aromatic nitrogens is 3. The molecule has 0 fully saturated rings. The third-order valence-corrected chi connectivity index (χ3v) is 1.95. The number of aromatic amines is 1. The Hall–Kier alpha value is -2.24. The van der Waals surface area contributed by atoms with Crippen molar-refractivity contribution in [2.45, 2.75) is 6.42 Å². The smallest absolute Gasteiger partial charge is 0.223 e. The van der Waals surface area contributed by atoms with Gasteiger partial charge in [0.1, 0.15) is 5.69 Å². The molecule has 0 aliphatic rings. The minimum Gasteiger partial charge on any atom is -0.369 e. The first-order valence-electron chi connectivity index (χ1n) is 4.29. The third-order valence-electron chi connectivity index (χ3n) is 1.95. The lowest BCUT2D eigenvalue weighted by Gasteiger charge is -1.98. The number of hydrogen-bond acceptors (Lipinski definition) is 4. The lowest BCUT2D eigenvalue weighted by molar-refractivity contribution is -0.117. The summed E-state index contributed by atoms with van der Waals surface area (Å²) in [4.78, 5) is 26.3. The van der Waals surface area contributed by atoms with Gasteiger partial charge in [-0.1, -0.05) is 0 Å². The van der Waals surface area contributed by atoms with E-state index in [4.69, 9.17) is 5.73 Å². The molecule has 0 aliphatic heterocycles. The van der Waals surface area contributed by atoms with Crippen LogP contribution >= 0.6 is 0 Å². The lowest BCUT2D eigenvalue weighted by atomic mass is 10.2. The van der Waals surface area contributed by atoms with Crippen LogP contribution < -0.4 is 11.2 Å². The van der Waals surface area contributed by atoms with E-state index in [1.165, 1.54) is 0 Å². The van der Waals surface area contributed by atoms with Crippen LogP contribution in [0, 0.1) is 0 Å². The molecule has 0 aromatic carbocycles. The van der Waals surface area contributed by atoms with Crippen LogP contribution in [0.3, 0.4) is 0 Å². The average molecular weight is 204 g/mol. The van der Waals surface area contributed by atoms with Gasteiger partial charge in [-0.2, -0.15) is 5.10 Å². The van der Waals surface area contributed by atoms with E-state index in [0.29, 0.717) is 11.0 Å². The quantitative estimate of drug-likeness (QED) is 0.678. The van der Waals surface area contributed by atoms with Gasteiger partial charge >= 0.3 is 0 Å². The van der Waals surface area contributed by atoms with Gasteiger partial charge in [0, 0.05) is 6.20 Å². The Bertz CT molecular complexity index is 576. The minimum atomic E-state index is -0.587. The number of rotatable bonds is 2. The summed E-state index contributed by atoms with van der Waals surface area (Å²) in [7, 11) is 0. The minimum absolute atomic E-state index is 0.114. The molecule has 0 spiro atoms. The number of carbonyl (C=O) groups is 1. The highest BCUT2D eigenvalue weighted by molar-refractivity contribution is 5.78. The Kier molecular flexibility index (Phi) is 2.17. The van der Waals surface area contributed by atoms with Gasteiger partial charge in [0.25, 0.3) is 0 Å². The van der Waals surface area contributed by atoms with Crippen molar-refractivity contribution >= 4 is 16.9 Å². The zero-order valence-corrected chi connectivity index (χ0v) is 7.73. The molecule has 6 heteroatoms. The first kappa shape index (κ1) is 9.32. The molecule has 2 aromatic heterocycles. The predicted molar refractivity (Wildman–Crippen MR) is 53.1 cm³/mol. The maximum Gasteiger partial charge on any atom is 0.223 e. The van der Waals surface area contributed by atoms with Gasteiger partial charge in [-0.05, 0) is 12.1 Å². The molecule has 2 rings (SSSR count). The van der Waals surface area contributed by atoms with E-state index in [9.17, 15) is 9.59 Å². The Morgan fingerprint density at radius 2 is 2.33 bits per heavy atom. The summed E-state index contributed by atoms with van der Waals surface area (Å²) >= 11 is 0. The molecular weight excluding hydrogens is 196 g/mol. The van der Waals surface area contributed by atoms with Crippen molar-refractivity contribution in [3.63, 3.8) is 0 Å². The molecule has 15 heavy (non-hydrogen) atoms. The molecule has 2 heterocycles. The molecule has 0 saturated carbocycles. The van der Waals surface area contributed by atoms with Crippen molar-refractivity contribution in [3.05, 3.63) is 34.2 Å². The van der Waals surface area contributed by atoms with E-state index in [1.54, 1.807) is 18.3 Å². The summed E-state index contributed by atoms with van der Waals surface area (Å²) in [5.41, 5.74) is 5.19. The average Bonchev–Trinajstić information content (AvgIpc) is 2.22. The molecule has 0 aliphatic carbocycles. The van der Waals surface area contributed by atoms with E-state index >= 15 is 0 Å². The van der Waals surface area contributed by atoms with Crippen LogP contribution in [-0.2, 0) is 11.2 Å². The number of primary amides is 1. The number of hydrogen-bond donors (Lipinski definition) is 2. The maximum absolute atomic E-state index is 11.7. The zero-order valence-electron chi connectivity index (χ0n) is 7.73. The SMILES string of the molecule is NC(=O)Cc1n[nH]c2ncccc2c1=O. The van der Waals surface area contributed by atoms with E-state index in [2.05, 4.69) is 15.2 Å². The van der Waals surface area contributed by atoms with Crippen LogP contribution in [0.1, 0.15) is 5.69 Å². The molecule has 0 radical (unpaired) electrons. The molecule has 6 nitrogen and oxygen atoms in total. The lowest BCUT2D eigenvalue weighted by Crippen LogP contribution is -2.22. The second kappa shape index (κ2) is 3.49. The summed E-state index contributed by atoms with van der Waals surface area (Å²) < 4.78 is 0. The zero-order chi connectivity index (χ0) is 10.8. The van der Waals surface area contributed by atoms with Gasteiger partial charge in [0.15, 0.2) is 5.65 Å². The summed E-state index contributed by atoms with van der Waals surface area (Å²) in [6.07, 6.45) is 1.38. The second-order valence-corrected chi connectivity index (χ2v) is 3.04. The molecule has 0 unspecified atom stereocenters. The van der Waals surface area contributed by atoms with Crippen LogP contribution in [0.4, 0.5) is 0 Å². The Balaban J connectivity index is 2.65. The van der Waals surface area contributed by atoms with Crippen molar-refractivity contribution in [2.75, 3.05) is 0 Å². The monoisotopic (exact) mass is 204 g/mol. The standard InChI is InChI=1S/C9H8N4O2/c10-7(14)4-6-8(15)5-2-1-3-11-9(5)13-12-6/h1-3H,4H2,(H2,10,14)(H,11,13,15). The number of fused-ring (bicyclic) bond motifs is 1. The maximum atomic E-state index is 11.7. The van der Waals surface area contributed by atoms with E-state index in [1.807, 2.05) is 0 Å². The molecule has 0 bridgehead atoms. The van der Waals surface area contributed by atoms with Gasteiger partial charge in [-0.3, -0.25) is 14.7 Å². The highest BCUT2D eigenvalue weighted by Gasteiger charge is 2.08. The Morgan fingerprint density at radius 3 is 3.07 bits per heavy atom. The van der Waals surface area contributed by atoms with Gasteiger partial charge in [0.05, 0.1) is 11.8 Å². The fourth-order valence-corrected chi connectivity index (χ4v) is 1.29. The van der Waals surface area contributed by atoms with Crippen molar-refractivity contribution in [2.24, 2.45) is 5.73 Å². The molecule has 2 aromatic rings. The van der Waals surface area contributed by atoms with Crippen LogP contribution in [0.2, 0.25) is 0 Å². The summed E-state index contributed by atoms with van der Waals surface area (Å²) in [5.74, 6) is -0.587.